The van der Waals surface area contributed by atoms with Gasteiger partial charge in [-0.15, -0.1) is 0 Å². The smallest absolute Gasteiger partial charge is 0.243 e. The molecule has 0 saturated carbocycles. The summed E-state index contributed by atoms with van der Waals surface area (Å²) in [4.78, 5) is 11.9. The van der Waals surface area contributed by atoms with Crippen molar-refractivity contribution in [2.45, 2.75) is 31.2 Å². The van der Waals surface area contributed by atoms with Gasteiger partial charge in [0, 0.05) is 23.8 Å². The molecule has 1 saturated heterocycles. The number of piperazine rings is 1. The molecule has 0 aliphatic carbocycles. The van der Waals surface area contributed by atoms with Crippen molar-refractivity contribution >= 4 is 33.2 Å². The summed E-state index contributed by atoms with van der Waals surface area (Å²) >= 11 is 6.02. The second kappa shape index (κ2) is 5.82. The Bertz CT molecular complexity index is 652. The van der Waals surface area contributed by atoms with Gasteiger partial charge in [-0.1, -0.05) is 18.5 Å². The van der Waals surface area contributed by atoms with Crippen LogP contribution in [0.5, 0.6) is 0 Å². The van der Waals surface area contributed by atoms with E-state index in [1.807, 2.05) is 0 Å². The number of amides is 1. The molecule has 1 aliphatic heterocycles. The van der Waals surface area contributed by atoms with E-state index in [4.69, 9.17) is 17.3 Å². The van der Waals surface area contributed by atoms with Gasteiger partial charge in [0.1, 0.15) is 6.04 Å². The molecule has 116 valence electrons. The number of nitrogens with two attached hydrogens (primary N) is 1. The summed E-state index contributed by atoms with van der Waals surface area (Å²) in [6, 6.07) is 2.06. The predicted octanol–water partition coefficient (Wildman–Crippen LogP) is 1.13. The SMILES string of the molecule is CCC1C(=O)NCCN1S(=O)(=O)c1cc(N)c(C)c(Cl)c1. The first-order valence-corrected chi connectivity index (χ1v) is 8.46. The summed E-state index contributed by atoms with van der Waals surface area (Å²) in [6.07, 6.45) is 0.403. The largest absolute Gasteiger partial charge is 0.398 e. The van der Waals surface area contributed by atoms with Gasteiger partial charge in [0.25, 0.3) is 0 Å². The fourth-order valence-corrected chi connectivity index (χ4v) is 4.35. The van der Waals surface area contributed by atoms with Crippen molar-refractivity contribution in [2.24, 2.45) is 0 Å². The molecule has 2 rings (SSSR count). The number of benzene rings is 1. The molecule has 1 fully saturated rings. The number of anilines is 1. The van der Waals surface area contributed by atoms with Gasteiger partial charge in [-0.05, 0) is 31.0 Å². The van der Waals surface area contributed by atoms with Crippen LogP contribution in [0.4, 0.5) is 5.69 Å². The highest BCUT2D eigenvalue weighted by molar-refractivity contribution is 7.89. The van der Waals surface area contributed by atoms with Crippen molar-refractivity contribution in [2.75, 3.05) is 18.8 Å². The number of nitrogens with zero attached hydrogens (tertiary/aromatic N) is 1. The first-order chi connectivity index (χ1) is 9.78. The Hall–Kier alpha value is -1.31. The number of halogens is 1. The minimum Gasteiger partial charge on any atom is -0.398 e. The zero-order valence-electron chi connectivity index (χ0n) is 11.9. The number of hydrogen-bond acceptors (Lipinski definition) is 4. The summed E-state index contributed by atoms with van der Waals surface area (Å²) in [5, 5.41) is 2.97. The predicted molar refractivity (Wildman–Crippen MR) is 81.6 cm³/mol. The third-order valence-corrected chi connectivity index (χ3v) is 5.91. The Morgan fingerprint density at radius 2 is 2.14 bits per heavy atom. The summed E-state index contributed by atoms with van der Waals surface area (Å²) in [5.41, 5.74) is 6.75. The highest BCUT2D eigenvalue weighted by Crippen LogP contribution is 2.29. The lowest BCUT2D eigenvalue weighted by atomic mass is 10.2. The molecule has 1 aliphatic rings. The molecule has 0 radical (unpaired) electrons. The average molecular weight is 332 g/mol. The molecule has 1 aromatic rings. The second-order valence-electron chi connectivity index (χ2n) is 4.95. The van der Waals surface area contributed by atoms with Gasteiger partial charge >= 0.3 is 0 Å². The molecule has 1 heterocycles. The number of nitrogens with one attached hydrogen (secondary N) is 1. The van der Waals surface area contributed by atoms with E-state index in [-0.39, 0.29) is 17.3 Å². The van der Waals surface area contributed by atoms with Gasteiger partial charge in [-0.3, -0.25) is 4.79 Å². The molecule has 1 amide bonds. The molecule has 8 heteroatoms. The molecule has 0 aromatic heterocycles. The Kier molecular flexibility index (Phi) is 4.46. The zero-order valence-corrected chi connectivity index (χ0v) is 13.5. The van der Waals surface area contributed by atoms with E-state index >= 15 is 0 Å². The van der Waals surface area contributed by atoms with E-state index in [0.29, 0.717) is 29.2 Å². The minimum atomic E-state index is -3.81. The zero-order chi connectivity index (χ0) is 15.8. The van der Waals surface area contributed by atoms with Crippen LogP contribution in [0.15, 0.2) is 17.0 Å². The maximum atomic E-state index is 12.7. The van der Waals surface area contributed by atoms with Crippen LogP contribution >= 0.6 is 11.6 Å². The summed E-state index contributed by atoms with van der Waals surface area (Å²) < 4.78 is 26.7. The number of hydrogen-bond donors (Lipinski definition) is 2. The van der Waals surface area contributed by atoms with Gasteiger partial charge in [0.2, 0.25) is 15.9 Å². The molecule has 0 spiro atoms. The van der Waals surface area contributed by atoms with Gasteiger partial charge in [0.05, 0.1) is 4.90 Å². The third kappa shape index (κ3) is 2.86. The van der Waals surface area contributed by atoms with Crippen molar-refractivity contribution in [3.63, 3.8) is 0 Å². The summed E-state index contributed by atoms with van der Waals surface area (Å²) in [5.74, 6) is -0.279. The van der Waals surface area contributed by atoms with Crippen molar-refractivity contribution in [1.82, 2.24) is 9.62 Å². The average Bonchev–Trinajstić information content (AvgIpc) is 2.43. The monoisotopic (exact) mass is 331 g/mol. The Morgan fingerprint density at radius 1 is 1.48 bits per heavy atom. The van der Waals surface area contributed by atoms with Crippen molar-refractivity contribution < 1.29 is 13.2 Å². The van der Waals surface area contributed by atoms with E-state index in [1.54, 1.807) is 13.8 Å². The molecular formula is C13H18ClN3O3S. The van der Waals surface area contributed by atoms with Gasteiger partial charge in [-0.25, -0.2) is 8.42 Å². The van der Waals surface area contributed by atoms with E-state index in [9.17, 15) is 13.2 Å². The van der Waals surface area contributed by atoms with Crippen molar-refractivity contribution in [1.29, 1.82) is 0 Å². The van der Waals surface area contributed by atoms with E-state index < -0.39 is 16.1 Å². The number of nitrogen functional groups attached to an aromatic ring is 1. The summed E-state index contributed by atoms with van der Waals surface area (Å²) in [7, 11) is -3.81. The minimum absolute atomic E-state index is 0.0174. The van der Waals surface area contributed by atoms with E-state index in [1.165, 1.54) is 16.4 Å². The normalized spacial score (nSPS) is 20.3. The van der Waals surface area contributed by atoms with Crippen LogP contribution in [0, 0.1) is 6.92 Å². The number of carbonyl (C=O) groups is 1. The van der Waals surface area contributed by atoms with Gasteiger partial charge in [-0.2, -0.15) is 4.31 Å². The fourth-order valence-electron chi connectivity index (χ4n) is 2.33. The van der Waals surface area contributed by atoms with Crippen LogP contribution in [0.25, 0.3) is 0 Å². The van der Waals surface area contributed by atoms with E-state index in [0.717, 1.165) is 0 Å². The highest BCUT2D eigenvalue weighted by atomic mass is 35.5. The standard InChI is InChI=1S/C13H18ClN3O3S/c1-3-12-13(18)16-4-5-17(12)21(19,20)9-6-10(14)8(2)11(15)7-9/h6-7,12H,3-5,15H2,1-2H3,(H,16,18). The van der Waals surface area contributed by atoms with Crippen LogP contribution in [0.2, 0.25) is 5.02 Å². The topological polar surface area (TPSA) is 92.5 Å². The first kappa shape index (κ1) is 16.1. The van der Waals surface area contributed by atoms with Gasteiger partial charge in [0.15, 0.2) is 0 Å². The second-order valence-corrected chi connectivity index (χ2v) is 7.25. The van der Waals surface area contributed by atoms with Crippen LogP contribution in [0.3, 0.4) is 0 Å². The molecule has 3 N–H and O–H groups in total. The number of carbonyl (C=O) groups excluding carboxylic acids is 1. The lowest BCUT2D eigenvalue weighted by molar-refractivity contribution is -0.126. The van der Waals surface area contributed by atoms with Gasteiger partial charge < -0.3 is 11.1 Å². The molecule has 0 bridgehead atoms. The van der Waals surface area contributed by atoms with Crippen molar-refractivity contribution in [3.8, 4) is 0 Å². The summed E-state index contributed by atoms with van der Waals surface area (Å²) in [6.45, 7) is 4.02. The van der Waals surface area contributed by atoms with Crippen LogP contribution in [-0.4, -0.2) is 37.8 Å². The van der Waals surface area contributed by atoms with Crippen LogP contribution in [0.1, 0.15) is 18.9 Å². The third-order valence-electron chi connectivity index (χ3n) is 3.63. The molecule has 1 unspecified atom stereocenters. The quantitative estimate of drug-likeness (QED) is 0.812. The van der Waals surface area contributed by atoms with Crippen LogP contribution in [-0.2, 0) is 14.8 Å². The lowest BCUT2D eigenvalue weighted by Gasteiger charge is -2.33. The van der Waals surface area contributed by atoms with Crippen molar-refractivity contribution in [3.05, 3.63) is 22.7 Å². The Balaban J connectivity index is 2.48. The maximum Gasteiger partial charge on any atom is 0.243 e. The molecule has 1 aromatic carbocycles. The maximum absolute atomic E-state index is 12.7. The number of rotatable bonds is 3. The van der Waals surface area contributed by atoms with E-state index in [2.05, 4.69) is 5.32 Å². The highest BCUT2D eigenvalue weighted by Gasteiger charge is 2.37. The Morgan fingerprint density at radius 3 is 2.71 bits per heavy atom. The first-order valence-electron chi connectivity index (χ1n) is 6.64. The fraction of sp³-hybridized carbons (Fsp3) is 0.462. The molecule has 6 nitrogen and oxygen atoms in total. The number of sulfonamides is 1. The van der Waals surface area contributed by atoms with Crippen LogP contribution < -0.4 is 11.1 Å². The molecule has 21 heavy (non-hydrogen) atoms. The lowest BCUT2D eigenvalue weighted by Crippen LogP contribution is -2.56. The Labute approximate surface area is 129 Å². The molecular weight excluding hydrogens is 314 g/mol. The molecule has 1 atom stereocenters.